The molecular weight excluding hydrogens is 348 g/mol. The van der Waals surface area contributed by atoms with Gasteiger partial charge in [0, 0.05) is 43.7 Å². The Morgan fingerprint density at radius 1 is 0.571 bits per heavy atom. The molecule has 0 fully saturated rings. The summed E-state index contributed by atoms with van der Waals surface area (Å²) in [5, 5.41) is 4.23. The SMILES string of the molecule is Nc1nc2[nH]c3ccccc3c2cc1-c1cc2c(nc1N)[nH]c1ccccc12. The molecule has 6 nitrogen and oxygen atoms in total. The standard InChI is InChI=1S/C22H16N6/c23-19-13(9-15-11-5-1-3-7-17(11)25-21(15)27-19)14-10-16-12-6-2-4-8-18(12)26-22(16)28-20(14)24/h1-10H,(H3,23,25,27)(H3,24,26,28). The minimum atomic E-state index is 0.423. The fourth-order valence-electron chi connectivity index (χ4n) is 4.00. The first-order valence-electron chi connectivity index (χ1n) is 9.03. The Balaban J connectivity index is 1.68. The topological polar surface area (TPSA) is 109 Å². The molecule has 6 N–H and O–H groups in total. The van der Waals surface area contributed by atoms with Crippen molar-refractivity contribution in [3.63, 3.8) is 0 Å². The average molecular weight is 364 g/mol. The van der Waals surface area contributed by atoms with Crippen molar-refractivity contribution < 1.29 is 0 Å². The molecule has 0 atom stereocenters. The van der Waals surface area contributed by atoms with Gasteiger partial charge >= 0.3 is 0 Å². The Labute approximate surface area is 159 Å². The van der Waals surface area contributed by atoms with Crippen LogP contribution < -0.4 is 11.5 Å². The second-order valence-electron chi connectivity index (χ2n) is 6.98. The zero-order valence-corrected chi connectivity index (χ0v) is 14.8. The number of H-pyrrole nitrogens is 2. The van der Waals surface area contributed by atoms with Crippen LogP contribution in [0.2, 0.25) is 0 Å². The van der Waals surface area contributed by atoms with E-state index in [1.165, 1.54) is 0 Å². The molecule has 0 saturated carbocycles. The number of nitrogens with one attached hydrogen (secondary N) is 2. The molecule has 4 heterocycles. The summed E-state index contributed by atoms with van der Waals surface area (Å²) in [4.78, 5) is 15.8. The lowest BCUT2D eigenvalue weighted by Gasteiger charge is -2.09. The maximum absolute atomic E-state index is 6.32. The molecule has 0 aliphatic rings. The molecule has 0 amide bonds. The lowest BCUT2D eigenvalue weighted by molar-refractivity contribution is 1.33. The van der Waals surface area contributed by atoms with E-state index in [4.69, 9.17) is 11.5 Å². The molecule has 0 saturated heterocycles. The van der Waals surface area contributed by atoms with Crippen LogP contribution in [0.15, 0.2) is 60.7 Å². The number of nitrogens with zero attached hydrogens (tertiary/aromatic N) is 2. The quantitative estimate of drug-likeness (QED) is 0.342. The van der Waals surface area contributed by atoms with E-state index in [2.05, 4.69) is 32.1 Å². The van der Waals surface area contributed by atoms with Crippen molar-refractivity contribution in [1.29, 1.82) is 0 Å². The molecule has 6 rings (SSSR count). The normalized spacial score (nSPS) is 11.9. The van der Waals surface area contributed by atoms with E-state index in [0.29, 0.717) is 11.6 Å². The van der Waals surface area contributed by atoms with Gasteiger partial charge in [-0.1, -0.05) is 36.4 Å². The maximum Gasteiger partial charge on any atom is 0.140 e. The lowest BCUT2D eigenvalue weighted by atomic mass is 10.0. The average Bonchev–Trinajstić information content (AvgIpc) is 3.23. The molecule has 0 bridgehead atoms. The Kier molecular flexibility index (Phi) is 2.81. The molecule has 0 spiro atoms. The van der Waals surface area contributed by atoms with Crippen molar-refractivity contribution in [2.45, 2.75) is 0 Å². The van der Waals surface area contributed by atoms with E-state index in [0.717, 1.165) is 55.0 Å². The summed E-state index contributed by atoms with van der Waals surface area (Å²) >= 11 is 0. The number of hydrogen-bond donors (Lipinski definition) is 4. The first-order valence-corrected chi connectivity index (χ1v) is 9.03. The predicted octanol–water partition coefficient (Wildman–Crippen LogP) is 4.58. The summed E-state index contributed by atoms with van der Waals surface area (Å²) < 4.78 is 0. The van der Waals surface area contributed by atoms with Gasteiger partial charge in [-0.25, -0.2) is 9.97 Å². The number of para-hydroxylation sites is 2. The van der Waals surface area contributed by atoms with Crippen LogP contribution in [0.1, 0.15) is 0 Å². The van der Waals surface area contributed by atoms with Crippen molar-refractivity contribution in [3.8, 4) is 11.1 Å². The zero-order chi connectivity index (χ0) is 18.8. The van der Waals surface area contributed by atoms with Gasteiger partial charge in [0.2, 0.25) is 0 Å². The van der Waals surface area contributed by atoms with Crippen LogP contribution in [0, 0.1) is 0 Å². The molecule has 0 unspecified atom stereocenters. The van der Waals surface area contributed by atoms with Crippen LogP contribution in [0.5, 0.6) is 0 Å². The summed E-state index contributed by atoms with van der Waals surface area (Å²) in [6, 6.07) is 20.3. The van der Waals surface area contributed by atoms with E-state index in [1.54, 1.807) is 0 Å². The van der Waals surface area contributed by atoms with Crippen molar-refractivity contribution in [3.05, 3.63) is 60.7 Å². The summed E-state index contributed by atoms with van der Waals surface area (Å²) in [6.45, 7) is 0. The van der Waals surface area contributed by atoms with E-state index < -0.39 is 0 Å². The molecule has 6 heteroatoms. The molecule has 4 aromatic heterocycles. The summed E-state index contributed by atoms with van der Waals surface area (Å²) in [5.74, 6) is 0.846. The molecule has 0 radical (unpaired) electrons. The van der Waals surface area contributed by atoms with Gasteiger partial charge in [-0.15, -0.1) is 0 Å². The van der Waals surface area contributed by atoms with E-state index in [-0.39, 0.29) is 0 Å². The second-order valence-corrected chi connectivity index (χ2v) is 6.98. The van der Waals surface area contributed by atoms with Crippen molar-refractivity contribution in [2.24, 2.45) is 0 Å². The monoisotopic (exact) mass is 364 g/mol. The second kappa shape index (κ2) is 5.23. The number of benzene rings is 2. The molecule has 6 aromatic rings. The highest BCUT2D eigenvalue weighted by Gasteiger charge is 2.16. The number of aromatic amines is 2. The van der Waals surface area contributed by atoms with E-state index in [9.17, 15) is 0 Å². The highest BCUT2D eigenvalue weighted by atomic mass is 14.9. The van der Waals surface area contributed by atoms with Crippen LogP contribution in [0.4, 0.5) is 11.6 Å². The molecular formula is C22H16N6. The van der Waals surface area contributed by atoms with Crippen molar-refractivity contribution in [2.75, 3.05) is 11.5 Å². The number of hydrogen-bond acceptors (Lipinski definition) is 4. The van der Waals surface area contributed by atoms with Crippen molar-refractivity contribution in [1.82, 2.24) is 19.9 Å². The van der Waals surface area contributed by atoms with Gasteiger partial charge in [0.25, 0.3) is 0 Å². The van der Waals surface area contributed by atoms with Crippen LogP contribution in [0.3, 0.4) is 0 Å². The van der Waals surface area contributed by atoms with Gasteiger partial charge in [0.1, 0.15) is 22.9 Å². The van der Waals surface area contributed by atoms with Crippen LogP contribution in [0.25, 0.3) is 55.0 Å². The van der Waals surface area contributed by atoms with Gasteiger partial charge in [0.15, 0.2) is 0 Å². The highest BCUT2D eigenvalue weighted by molar-refractivity contribution is 6.11. The minimum Gasteiger partial charge on any atom is -0.383 e. The highest BCUT2D eigenvalue weighted by Crippen LogP contribution is 2.37. The Morgan fingerprint density at radius 2 is 1.00 bits per heavy atom. The number of aromatic nitrogens is 4. The summed E-state index contributed by atoms with van der Waals surface area (Å²) in [5.41, 5.74) is 17.8. The molecule has 28 heavy (non-hydrogen) atoms. The molecule has 2 aromatic carbocycles. The van der Waals surface area contributed by atoms with Crippen LogP contribution in [-0.4, -0.2) is 19.9 Å². The number of rotatable bonds is 1. The third-order valence-electron chi connectivity index (χ3n) is 5.33. The van der Waals surface area contributed by atoms with Gasteiger partial charge in [0.05, 0.1) is 0 Å². The fourth-order valence-corrected chi connectivity index (χ4v) is 4.00. The van der Waals surface area contributed by atoms with Crippen LogP contribution >= 0.6 is 0 Å². The number of nitrogen functional groups attached to an aromatic ring is 2. The van der Waals surface area contributed by atoms with Gasteiger partial charge in [-0.2, -0.15) is 0 Å². The summed E-state index contributed by atoms with van der Waals surface area (Å²) in [7, 11) is 0. The summed E-state index contributed by atoms with van der Waals surface area (Å²) in [6.07, 6.45) is 0. The zero-order valence-electron chi connectivity index (χ0n) is 14.8. The third-order valence-corrected chi connectivity index (χ3v) is 5.33. The number of anilines is 2. The first kappa shape index (κ1) is 15.0. The third kappa shape index (κ3) is 1.97. The number of nitrogens with two attached hydrogens (primary N) is 2. The minimum absolute atomic E-state index is 0.423. The van der Waals surface area contributed by atoms with E-state index in [1.807, 2.05) is 48.5 Å². The maximum atomic E-state index is 6.32. The Hall–Kier alpha value is -4.06. The number of fused-ring (bicyclic) bond motifs is 6. The fraction of sp³-hybridized carbons (Fsp3) is 0. The van der Waals surface area contributed by atoms with Gasteiger partial charge in [-0.3, -0.25) is 0 Å². The molecule has 0 aliphatic carbocycles. The van der Waals surface area contributed by atoms with Crippen molar-refractivity contribution >= 4 is 55.5 Å². The largest absolute Gasteiger partial charge is 0.383 e. The Morgan fingerprint density at radius 3 is 1.46 bits per heavy atom. The lowest BCUT2D eigenvalue weighted by Crippen LogP contribution is -1.99. The number of pyridine rings is 2. The Bertz CT molecular complexity index is 1420. The molecule has 134 valence electrons. The predicted molar refractivity (Wildman–Crippen MR) is 115 cm³/mol. The first-order chi connectivity index (χ1) is 13.7. The smallest absolute Gasteiger partial charge is 0.140 e. The van der Waals surface area contributed by atoms with Gasteiger partial charge < -0.3 is 21.4 Å². The van der Waals surface area contributed by atoms with Crippen LogP contribution in [-0.2, 0) is 0 Å². The molecule has 0 aliphatic heterocycles. The van der Waals surface area contributed by atoms with Gasteiger partial charge in [-0.05, 0) is 24.3 Å². The van der Waals surface area contributed by atoms with E-state index >= 15 is 0 Å².